The van der Waals surface area contributed by atoms with E-state index in [1.165, 1.54) is 5.56 Å². The number of nitrogens with one attached hydrogen (secondary N) is 1. The van der Waals surface area contributed by atoms with E-state index in [1.807, 2.05) is 37.3 Å². The van der Waals surface area contributed by atoms with Gasteiger partial charge in [0.1, 0.15) is 5.75 Å². The number of nitrogens with zero attached hydrogens (tertiary/aromatic N) is 1. The van der Waals surface area contributed by atoms with Crippen LogP contribution in [0, 0.1) is 5.92 Å². The first kappa shape index (κ1) is 18.4. The maximum absolute atomic E-state index is 12.5. The number of ether oxygens (including phenoxy) is 1. The van der Waals surface area contributed by atoms with Crippen LogP contribution in [-0.4, -0.2) is 43.6 Å². The highest BCUT2D eigenvalue weighted by Crippen LogP contribution is 2.32. The topological polar surface area (TPSA) is 67.6 Å². The van der Waals surface area contributed by atoms with E-state index < -0.39 is 0 Å². The van der Waals surface area contributed by atoms with Gasteiger partial charge in [-0.2, -0.15) is 0 Å². The second-order valence-electron chi connectivity index (χ2n) is 6.68. The zero-order valence-electron chi connectivity index (χ0n) is 15.2. The van der Waals surface area contributed by atoms with E-state index in [0.29, 0.717) is 43.0 Å². The molecule has 2 aromatic rings. The van der Waals surface area contributed by atoms with Crippen LogP contribution in [-0.2, 0) is 4.79 Å². The first-order valence-electron chi connectivity index (χ1n) is 9.20. The lowest BCUT2D eigenvalue weighted by atomic mass is 9.89. The highest BCUT2D eigenvalue weighted by molar-refractivity contribution is 5.93. The van der Waals surface area contributed by atoms with E-state index in [1.54, 1.807) is 0 Å². The molecule has 0 spiro atoms. The maximum Gasteiger partial charge on any atom is 0.238 e. The van der Waals surface area contributed by atoms with E-state index in [-0.39, 0.29) is 5.91 Å². The van der Waals surface area contributed by atoms with Gasteiger partial charge in [-0.15, -0.1) is 0 Å². The van der Waals surface area contributed by atoms with Crippen molar-refractivity contribution in [2.75, 3.05) is 38.1 Å². The summed E-state index contributed by atoms with van der Waals surface area (Å²) >= 11 is 0. The Morgan fingerprint density at radius 2 is 1.88 bits per heavy atom. The second kappa shape index (κ2) is 8.83. The monoisotopic (exact) mass is 353 g/mol. The summed E-state index contributed by atoms with van der Waals surface area (Å²) in [7, 11) is 0. The van der Waals surface area contributed by atoms with Crippen molar-refractivity contribution in [1.29, 1.82) is 0 Å². The molecule has 1 amide bonds. The van der Waals surface area contributed by atoms with Crippen molar-refractivity contribution in [3.8, 4) is 5.75 Å². The van der Waals surface area contributed by atoms with Crippen LogP contribution in [0.15, 0.2) is 54.6 Å². The molecule has 3 rings (SSSR count). The van der Waals surface area contributed by atoms with Gasteiger partial charge in [-0.1, -0.05) is 42.5 Å². The third-order valence-corrected chi connectivity index (χ3v) is 4.88. The Morgan fingerprint density at radius 3 is 2.62 bits per heavy atom. The molecule has 138 valence electrons. The van der Waals surface area contributed by atoms with Crippen LogP contribution in [0.1, 0.15) is 18.4 Å². The van der Waals surface area contributed by atoms with Gasteiger partial charge in [0.05, 0.1) is 18.8 Å². The van der Waals surface area contributed by atoms with Crippen LogP contribution in [0.3, 0.4) is 0 Å². The van der Waals surface area contributed by atoms with Crippen LogP contribution in [0.25, 0.3) is 0 Å². The molecule has 1 heterocycles. The number of hydrogen-bond donors (Lipinski definition) is 2. The lowest BCUT2D eigenvalue weighted by Gasteiger charge is -2.17. The summed E-state index contributed by atoms with van der Waals surface area (Å²) in [5, 5.41) is 2.97. The van der Waals surface area contributed by atoms with Crippen molar-refractivity contribution in [2.24, 2.45) is 11.7 Å². The minimum atomic E-state index is -0.0263. The Kier molecular flexibility index (Phi) is 6.26. The molecule has 2 aromatic carbocycles. The van der Waals surface area contributed by atoms with Gasteiger partial charge in [0, 0.05) is 19.0 Å². The van der Waals surface area contributed by atoms with Crippen molar-refractivity contribution in [3.63, 3.8) is 0 Å². The SMILES string of the molecule is CCOc1ccccc1NC(=O)CN1C[C@@H](CN)[C@H](c2ccccc2)C1. The summed E-state index contributed by atoms with van der Waals surface area (Å²) in [5.74, 6) is 1.43. The van der Waals surface area contributed by atoms with Gasteiger partial charge < -0.3 is 15.8 Å². The molecule has 5 heteroatoms. The molecule has 0 bridgehead atoms. The molecule has 2 atom stereocenters. The van der Waals surface area contributed by atoms with E-state index >= 15 is 0 Å². The van der Waals surface area contributed by atoms with Gasteiger partial charge in [-0.25, -0.2) is 0 Å². The maximum atomic E-state index is 12.5. The first-order chi connectivity index (χ1) is 12.7. The third-order valence-electron chi connectivity index (χ3n) is 4.88. The van der Waals surface area contributed by atoms with E-state index in [4.69, 9.17) is 10.5 Å². The Bertz CT molecular complexity index is 720. The average Bonchev–Trinajstić information content (AvgIpc) is 3.07. The number of hydrogen-bond acceptors (Lipinski definition) is 4. The number of amides is 1. The fourth-order valence-corrected chi connectivity index (χ4v) is 3.65. The summed E-state index contributed by atoms with van der Waals surface area (Å²) in [6, 6.07) is 18.0. The Morgan fingerprint density at radius 1 is 1.15 bits per heavy atom. The fraction of sp³-hybridized carbons (Fsp3) is 0.381. The van der Waals surface area contributed by atoms with Gasteiger partial charge in [-0.05, 0) is 37.1 Å². The molecule has 1 aliphatic rings. The van der Waals surface area contributed by atoms with Crippen molar-refractivity contribution < 1.29 is 9.53 Å². The molecule has 26 heavy (non-hydrogen) atoms. The van der Waals surface area contributed by atoms with Crippen molar-refractivity contribution >= 4 is 11.6 Å². The molecule has 1 aliphatic heterocycles. The van der Waals surface area contributed by atoms with Gasteiger partial charge >= 0.3 is 0 Å². The zero-order valence-corrected chi connectivity index (χ0v) is 15.2. The van der Waals surface area contributed by atoms with Crippen molar-refractivity contribution in [3.05, 3.63) is 60.2 Å². The molecule has 0 aromatic heterocycles. The quantitative estimate of drug-likeness (QED) is 0.803. The first-order valence-corrected chi connectivity index (χ1v) is 9.20. The highest BCUT2D eigenvalue weighted by Gasteiger charge is 2.33. The molecule has 0 aliphatic carbocycles. The number of likely N-dealkylation sites (tertiary alicyclic amines) is 1. The van der Waals surface area contributed by atoms with Crippen LogP contribution in [0.4, 0.5) is 5.69 Å². The summed E-state index contributed by atoms with van der Waals surface area (Å²) < 4.78 is 5.57. The zero-order chi connectivity index (χ0) is 18.4. The largest absolute Gasteiger partial charge is 0.492 e. The van der Waals surface area contributed by atoms with Crippen LogP contribution in [0.5, 0.6) is 5.75 Å². The van der Waals surface area contributed by atoms with Crippen LogP contribution >= 0.6 is 0 Å². The molecule has 3 N–H and O–H groups in total. The number of para-hydroxylation sites is 2. The molecular formula is C21H27N3O2. The van der Waals surface area contributed by atoms with Gasteiger partial charge in [-0.3, -0.25) is 9.69 Å². The number of benzene rings is 2. The molecule has 1 fully saturated rings. The molecule has 1 saturated heterocycles. The summed E-state index contributed by atoms with van der Waals surface area (Å²) in [6.07, 6.45) is 0. The Balaban J connectivity index is 1.62. The molecule has 5 nitrogen and oxygen atoms in total. The number of anilines is 1. The lowest BCUT2D eigenvalue weighted by molar-refractivity contribution is -0.117. The van der Waals surface area contributed by atoms with E-state index in [0.717, 1.165) is 13.1 Å². The predicted molar refractivity (Wildman–Crippen MR) is 104 cm³/mol. The second-order valence-corrected chi connectivity index (χ2v) is 6.68. The summed E-state index contributed by atoms with van der Waals surface area (Å²) in [5.41, 5.74) is 8.00. The molecule has 0 unspecified atom stereocenters. The average molecular weight is 353 g/mol. The molecule has 0 saturated carbocycles. The third kappa shape index (κ3) is 4.42. The molecule has 0 radical (unpaired) electrons. The Hall–Kier alpha value is -2.37. The van der Waals surface area contributed by atoms with E-state index in [9.17, 15) is 4.79 Å². The van der Waals surface area contributed by atoms with Crippen LogP contribution < -0.4 is 15.8 Å². The predicted octanol–water partition coefficient (Wildman–Crippen LogP) is 2.70. The highest BCUT2D eigenvalue weighted by atomic mass is 16.5. The van der Waals surface area contributed by atoms with Gasteiger partial charge in [0.15, 0.2) is 0 Å². The molecular weight excluding hydrogens is 326 g/mol. The minimum absolute atomic E-state index is 0.0263. The fourth-order valence-electron chi connectivity index (χ4n) is 3.65. The normalized spacial score (nSPS) is 20.1. The summed E-state index contributed by atoms with van der Waals surface area (Å²) in [6.45, 7) is 5.18. The number of nitrogens with two attached hydrogens (primary N) is 1. The van der Waals surface area contributed by atoms with E-state index in [2.05, 4.69) is 34.5 Å². The number of carbonyl (C=O) groups excluding carboxylic acids is 1. The number of carbonyl (C=O) groups is 1. The lowest BCUT2D eigenvalue weighted by Crippen LogP contribution is -2.32. The van der Waals surface area contributed by atoms with Crippen LogP contribution in [0.2, 0.25) is 0 Å². The minimum Gasteiger partial charge on any atom is -0.492 e. The standard InChI is InChI=1S/C21H27N3O2/c1-2-26-20-11-7-6-10-19(20)23-21(25)15-24-13-17(12-22)18(14-24)16-8-4-3-5-9-16/h3-11,17-18H,2,12-15,22H2,1H3,(H,23,25)/t17-,18+/m1/s1. The van der Waals surface area contributed by atoms with Crippen molar-refractivity contribution in [2.45, 2.75) is 12.8 Å². The van der Waals surface area contributed by atoms with Gasteiger partial charge in [0.25, 0.3) is 0 Å². The Labute approximate surface area is 155 Å². The van der Waals surface area contributed by atoms with Crippen molar-refractivity contribution in [1.82, 2.24) is 4.90 Å². The van der Waals surface area contributed by atoms with Gasteiger partial charge in [0.2, 0.25) is 5.91 Å². The smallest absolute Gasteiger partial charge is 0.238 e. The summed E-state index contributed by atoms with van der Waals surface area (Å²) in [4.78, 5) is 14.7. The number of rotatable bonds is 7.